The van der Waals surface area contributed by atoms with Gasteiger partial charge in [-0.25, -0.2) is 0 Å². The van der Waals surface area contributed by atoms with Crippen molar-refractivity contribution in [2.75, 3.05) is 25.6 Å². The van der Waals surface area contributed by atoms with Crippen molar-refractivity contribution in [3.05, 3.63) is 52.6 Å². The monoisotopic (exact) mass is 449 g/mol. The van der Waals surface area contributed by atoms with Crippen molar-refractivity contribution in [1.29, 1.82) is 0 Å². The number of rotatable bonds is 5. The van der Waals surface area contributed by atoms with Crippen LogP contribution in [-0.2, 0) is 4.79 Å². The minimum atomic E-state index is -0.711. The highest BCUT2D eigenvalue weighted by molar-refractivity contribution is 5.93. The van der Waals surface area contributed by atoms with Crippen molar-refractivity contribution in [2.24, 2.45) is 17.3 Å². The molecule has 0 radical (unpaired) electrons. The van der Waals surface area contributed by atoms with E-state index in [1.807, 2.05) is 6.08 Å². The van der Waals surface area contributed by atoms with Crippen LogP contribution in [0.5, 0.6) is 0 Å². The average molecular weight is 450 g/mol. The van der Waals surface area contributed by atoms with Crippen LogP contribution in [0, 0.1) is 17.3 Å². The summed E-state index contributed by atoms with van der Waals surface area (Å²) in [5, 5.41) is 21.4. The van der Waals surface area contributed by atoms with E-state index in [-0.39, 0.29) is 23.7 Å². The van der Waals surface area contributed by atoms with E-state index in [0.29, 0.717) is 31.1 Å². The van der Waals surface area contributed by atoms with Crippen molar-refractivity contribution < 1.29 is 15.0 Å². The Balaban J connectivity index is 1.62. The number of hydrogen-bond acceptors (Lipinski definition) is 4. The van der Waals surface area contributed by atoms with Crippen LogP contribution >= 0.6 is 0 Å². The molecule has 2 fully saturated rings. The first-order valence-corrected chi connectivity index (χ1v) is 12.8. The fourth-order valence-corrected chi connectivity index (χ4v) is 7.84. The van der Waals surface area contributed by atoms with E-state index in [4.69, 9.17) is 0 Å². The summed E-state index contributed by atoms with van der Waals surface area (Å²) in [5.74, 6) is 1.50. The normalized spacial score (nSPS) is 35.6. The van der Waals surface area contributed by atoms with E-state index in [2.05, 4.69) is 50.2 Å². The molecule has 0 aromatic heterocycles. The number of allylic oxidation sites excluding steroid dienone is 4. The SMILES string of the molecule is CN(C)c1ccc([C@H]2C[C@@]3(C)[C@@H](CC[C@]3(O)CCCO)[C@@H]3CCC4=CC(=O)CCC4=C32)cc1. The smallest absolute Gasteiger partial charge is 0.156 e. The molecular formula is C29H39NO3. The number of aliphatic hydroxyl groups is 2. The Morgan fingerprint density at radius 1 is 1.09 bits per heavy atom. The summed E-state index contributed by atoms with van der Waals surface area (Å²) in [6.45, 7) is 2.47. The van der Waals surface area contributed by atoms with E-state index in [0.717, 1.165) is 38.5 Å². The van der Waals surface area contributed by atoms with Gasteiger partial charge >= 0.3 is 0 Å². The summed E-state index contributed by atoms with van der Waals surface area (Å²) in [4.78, 5) is 14.3. The van der Waals surface area contributed by atoms with E-state index < -0.39 is 5.60 Å². The van der Waals surface area contributed by atoms with Gasteiger partial charge < -0.3 is 15.1 Å². The Morgan fingerprint density at radius 2 is 1.85 bits per heavy atom. The van der Waals surface area contributed by atoms with Gasteiger partial charge in [-0.3, -0.25) is 4.79 Å². The summed E-state index contributed by atoms with van der Waals surface area (Å²) < 4.78 is 0. The molecule has 2 saturated carbocycles. The molecule has 0 amide bonds. The number of aliphatic hydroxyl groups excluding tert-OH is 1. The maximum absolute atomic E-state index is 12.2. The fourth-order valence-electron chi connectivity index (χ4n) is 7.84. The number of nitrogens with zero attached hydrogens (tertiary/aromatic N) is 1. The number of fused-ring (bicyclic) bond motifs is 4. The number of carbonyl (C=O) groups excluding carboxylic acids is 1. The minimum Gasteiger partial charge on any atom is -0.396 e. The lowest BCUT2D eigenvalue weighted by Gasteiger charge is -2.55. The second-order valence-electron chi connectivity index (χ2n) is 11.4. The number of anilines is 1. The van der Waals surface area contributed by atoms with Gasteiger partial charge in [0.2, 0.25) is 0 Å². The van der Waals surface area contributed by atoms with Crippen molar-refractivity contribution in [3.63, 3.8) is 0 Å². The van der Waals surface area contributed by atoms with Gasteiger partial charge in [0.05, 0.1) is 5.60 Å². The Kier molecular flexibility index (Phi) is 5.81. The molecule has 1 aromatic rings. The molecule has 0 spiro atoms. The minimum absolute atomic E-state index is 0.138. The van der Waals surface area contributed by atoms with Crippen molar-refractivity contribution >= 4 is 11.5 Å². The summed E-state index contributed by atoms with van der Waals surface area (Å²) in [6, 6.07) is 8.98. The first-order valence-electron chi connectivity index (χ1n) is 12.8. The van der Waals surface area contributed by atoms with Gasteiger partial charge in [0, 0.05) is 44.1 Å². The van der Waals surface area contributed by atoms with Gasteiger partial charge in [-0.15, -0.1) is 0 Å². The fraction of sp³-hybridized carbons (Fsp3) is 0.621. The summed E-state index contributed by atoms with van der Waals surface area (Å²) in [6.07, 6.45) is 9.68. The Bertz CT molecular complexity index is 991. The molecule has 4 heteroatoms. The third-order valence-electron chi connectivity index (χ3n) is 9.62. The molecule has 4 nitrogen and oxygen atoms in total. The zero-order valence-electron chi connectivity index (χ0n) is 20.4. The van der Waals surface area contributed by atoms with Gasteiger partial charge in [0.1, 0.15) is 0 Å². The molecule has 2 N–H and O–H groups in total. The highest BCUT2D eigenvalue weighted by Crippen LogP contribution is 2.67. The predicted octanol–water partition coefficient (Wildman–Crippen LogP) is 5.16. The molecule has 4 aliphatic carbocycles. The lowest BCUT2D eigenvalue weighted by Crippen LogP contribution is -2.51. The lowest BCUT2D eigenvalue weighted by molar-refractivity contribution is -0.114. The highest BCUT2D eigenvalue weighted by Gasteiger charge is 2.62. The molecule has 0 saturated heterocycles. The molecule has 0 heterocycles. The molecule has 4 aliphatic rings. The van der Waals surface area contributed by atoms with Crippen molar-refractivity contribution in [3.8, 4) is 0 Å². The molecule has 0 aliphatic heterocycles. The van der Waals surface area contributed by atoms with Crippen LogP contribution in [0.15, 0.2) is 47.1 Å². The average Bonchev–Trinajstić information content (AvgIpc) is 3.07. The molecule has 5 rings (SSSR count). The van der Waals surface area contributed by atoms with E-state index >= 15 is 0 Å². The molecule has 33 heavy (non-hydrogen) atoms. The van der Waals surface area contributed by atoms with Crippen molar-refractivity contribution in [1.82, 2.24) is 0 Å². The molecular weight excluding hydrogens is 410 g/mol. The Hall–Kier alpha value is -1.91. The van der Waals surface area contributed by atoms with Crippen LogP contribution in [0.25, 0.3) is 0 Å². The number of ketones is 1. The van der Waals surface area contributed by atoms with E-state index in [9.17, 15) is 15.0 Å². The molecule has 0 bridgehead atoms. The van der Waals surface area contributed by atoms with Crippen LogP contribution in [0.1, 0.15) is 76.2 Å². The van der Waals surface area contributed by atoms with Gasteiger partial charge in [-0.05, 0) is 98.1 Å². The third kappa shape index (κ3) is 3.61. The lowest BCUT2D eigenvalue weighted by atomic mass is 9.51. The summed E-state index contributed by atoms with van der Waals surface area (Å²) in [5.41, 5.74) is 5.98. The first kappa shape index (κ1) is 22.9. The highest BCUT2D eigenvalue weighted by atomic mass is 16.3. The van der Waals surface area contributed by atoms with Crippen molar-refractivity contribution in [2.45, 2.75) is 76.2 Å². The quantitative estimate of drug-likeness (QED) is 0.652. The Morgan fingerprint density at radius 3 is 2.55 bits per heavy atom. The number of benzene rings is 1. The van der Waals surface area contributed by atoms with Crippen LogP contribution in [0.2, 0.25) is 0 Å². The largest absolute Gasteiger partial charge is 0.396 e. The number of carbonyl (C=O) groups is 1. The van der Waals surface area contributed by atoms with Crippen LogP contribution < -0.4 is 4.90 Å². The van der Waals surface area contributed by atoms with Crippen LogP contribution in [0.4, 0.5) is 5.69 Å². The van der Waals surface area contributed by atoms with E-state index in [1.54, 1.807) is 5.57 Å². The van der Waals surface area contributed by atoms with Gasteiger partial charge in [-0.1, -0.05) is 24.6 Å². The Labute approximate surface area is 198 Å². The maximum atomic E-state index is 12.2. The van der Waals surface area contributed by atoms with Crippen LogP contribution in [0.3, 0.4) is 0 Å². The second kappa shape index (κ2) is 8.39. The first-order chi connectivity index (χ1) is 15.8. The molecule has 1 aromatic carbocycles. The van der Waals surface area contributed by atoms with Gasteiger partial charge in [0.25, 0.3) is 0 Å². The topological polar surface area (TPSA) is 60.8 Å². The molecule has 5 atom stereocenters. The summed E-state index contributed by atoms with van der Waals surface area (Å²) in [7, 11) is 4.14. The zero-order chi connectivity index (χ0) is 23.4. The van der Waals surface area contributed by atoms with Gasteiger partial charge in [-0.2, -0.15) is 0 Å². The molecule has 0 unspecified atom stereocenters. The summed E-state index contributed by atoms with van der Waals surface area (Å²) >= 11 is 0. The standard InChI is InChI=1S/C29H39NO3/c1-28-18-25(19-5-8-21(9-6-19)30(2)3)27-23-12-10-22(32)17-20(23)7-11-24(27)26(28)13-15-29(28,33)14-4-16-31/h5-6,8-9,17,24-26,31,33H,4,7,10-16,18H2,1-3H3/t24-,25+,26-,28-,29+/m0/s1. The number of hydrogen-bond donors (Lipinski definition) is 2. The second-order valence-corrected chi connectivity index (χ2v) is 11.4. The zero-order valence-corrected chi connectivity index (χ0v) is 20.4. The predicted molar refractivity (Wildman–Crippen MR) is 132 cm³/mol. The third-order valence-corrected chi connectivity index (χ3v) is 9.62. The van der Waals surface area contributed by atoms with E-state index in [1.165, 1.54) is 22.4 Å². The van der Waals surface area contributed by atoms with Gasteiger partial charge in [0.15, 0.2) is 5.78 Å². The maximum Gasteiger partial charge on any atom is 0.156 e. The molecule has 178 valence electrons. The van der Waals surface area contributed by atoms with Crippen LogP contribution in [-0.4, -0.2) is 42.3 Å².